The Hall–Kier alpha value is -2.20. The third-order valence-electron chi connectivity index (χ3n) is 4.58. The molecule has 0 saturated carbocycles. The molecule has 4 nitrogen and oxygen atoms in total. The number of pyridine rings is 1. The van der Waals surface area contributed by atoms with Gasteiger partial charge in [0.05, 0.1) is 12.6 Å². The van der Waals surface area contributed by atoms with Crippen molar-refractivity contribution >= 4 is 5.91 Å². The zero-order valence-corrected chi connectivity index (χ0v) is 16.0. The molecule has 140 valence electrons. The van der Waals surface area contributed by atoms with Crippen molar-refractivity contribution in [1.82, 2.24) is 10.3 Å². The first kappa shape index (κ1) is 20.1. The Labute approximate surface area is 156 Å². The van der Waals surface area contributed by atoms with Crippen LogP contribution in [0.2, 0.25) is 0 Å². The summed E-state index contributed by atoms with van der Waals surface area (Å²) in [7, 11) is 0. The molecular weight excluding hydrogens is 324 g/mol. The van der Waals surface area contributed by atoms with E-state index in [1.807, 2.05) is 12.1 Å². The number of carbonyl (C=O) groups is 1. The Morgan fingerprint density at radius 1 is 1.04 bits per heavy atom. The SMILES string of the molecule is CC(C)(C)c1ccc(CCC(=O)NC(CO)CCc2ccncc2)cc1. The molecular formula is C22H30N2O2. The molecule has 2 rings (SSSR count). The molecule has 2 aromatic rings. The minimum absolute atomic E-state index is 0.0151. The highest BCUT2D eigenvalue weighted by molar-refractivity contribution is 5.76. The number of aryl methyl sites for hydroxylation is 2. The maximum absolute atomic E-state index is 12.2. The highest BCUT2D eigenvalue weighted by atomic mass is 16.3. The van der Waals surface area contributed by atoms with Crippen molar-refractivity contribution in [1.29, 1.82) is 0 Å². The van der Waals surface area contributed by atoms with Crippen LogP contribution in [0.4, 0.5) is 0 Å². The number of nitrogens with one attached hydrogen (secondary N) is 1. The van der Waals surface area contributed by atoms with E-state index >= 15 is 0 Å². The summed E-state index contributed by atoms with van der Waals surface area (Å²) in [5.41, 5.74) is 3.75. The molecule has 0 saturated heterocycles. The quantitative estimate of drug-likeness (QED) is 0.763. The maximum Gasteiger partial charge on any atom is 0.220 e. The van der Waals surface area contributed by atoms with Gasteiger partial charge >= 0.3 is 0 Å². The summed E-state index contributed by atoms with van der Waals surface area (Å²) in [5.74, 6) is -0.0151. The third-order valence-corrected chi connectivity index (χ3v) is 4.58. The summed E-state index contributed by atoms with van der Waals surface area (Å²) in [4.78, 5) is 16.2. The minimum Gasteiger partial charge on any atom is -0.394 e. The number of aromatic nitrogens is 1. The first-order valence-corrected chi connectivity index (χ1v) is 9.27. The topological polar surface area (TPSA) is 62.2 Å². The minimum atomic E-state index is -0.209. The van der Waals surface area contributed by atoms with Gasteiger partial charge in [0, 0.05) is 18.8 Å². The molecule has 0 radical (unpaired) electrons. The van der Waals surface area contributed by atoms with E-state index < -0.39 is 0 Å². The third kappa shape index (κ3) is 6.60. The van der Waals surface area contributed by atoms with E-state index in [9.17, 15) is 9.90 Å². The number of aliphatic hydroxyl groups excluding tert-OH is 1. The first-order chi connectivity index (χ1) is 12.4. The van der Waals surface area contributed by atoms with Crippen LogP contribution in [0.15, 0.2) is 48.8 Å². The van der Waals surface area contributed by atoms with E-state index in [0.29, 0.717) is 19.3 Å². The summed E-state index contributed by atoms with van der Waals surface area (Å²) in [6.07, 6.45) is 6.17. The van der Waals surface area contributed by atoms with Gasteiger partial charge in [0.25, 0.3) is 0 Å². The number of carbonyl (C=O) groups excluding carboxylic acids is 1. The van der Waals surface area contributed by atoms with E-state index in [2.05, 4.69) is 55.3 Å². The first-order valence-electron chi connectivity index (χ1n) is 9.27. The van der Waals surface area contributed by atoms with E-state index in [-0.39, 0.29) is 24.0 Å². The predicted octanol–water partition coefficient (Wildman–Crippen LogP) is 3.42. The molecule has 0 fully saturated rings. The normalized spacial score (nSPS) is 12.6. The molecule has 4 heteroatoms. The number of nitrogens with zero attached hydrogens (tertiary/aromatic N) is 1. The fourth-order valence-electron chi connectivity index (χ4n) is 2.83. The van der Waals surface area contributed by atoms with Gasteiger partial charge in [-0.05, 0) is 53.5 Å². The fraction of sp³-hybridized carbons (Fsp3) is 0.455. The molecule has 0 aliphatic rings. The largest absolute Gasteiger partial charge is 0.394 e. The lowest BCUT2D eigenvalue weighted by Gasteiger charge is -2.19. The molecule has 2 N–H and O–H groups in total. The molecule has 0 aliphatic heterocycles. The van der Waals surface area contributed by atoms with Gasteiger partial charge in [0.1, 0.15) is 0 Å². The average molecular weight is 354 g/mol. The molecule has 1 heterocycles. The molecule has 1 unspecified atom stereocenters. The van der Waals surface area contributed by atoms with Crippen LogP contribution in [0.5, 0.6) is 0 Å². The number of rotatable bonds is 8. The Morgan fingerprint density at radius 2 is 1.65 bits per heavy atom. The van der Waals surface area contributed by atoms with Crippen LogP contribution in [-0.4, -0.2) is 28.6 Å². The zero-order chi connectivity index (χ0) is 19.0. The lowest BCUT2D eigenvalue weighted by Crippen LogP contribution is -2.38. The molecule has 0 spiro atoms. The number of benzene rings is 1. The molecule has 0 bridgehead atoms. The van der Waals surface area contributed by atoms with Gasteiger partial charge in [-0.1, -0.05) is 45.0 Å². The monoisotopic (exact) mass is 354 g/mol. The van der Waals surface area contributed by atoms with E-state index in [0.717, 1.165) is 17.5 Å². The molecule has 26 heavy (non-hydrogen) atoms. The van der Waals surface area contributed by atoms with Crippen LogP contribution >= 0.6 is 0 Å². The molecule has 1 aromatic carbocycles. The van der Waals surface area contributed by atoms with Crippen molar-refractivity contribution in [2.75, 3.05) is 6.61 Å². The van der Waals surface area contributed by atoms with Gasteiger partial charge in [-0.2, -0.15) is 0 Å². The second kappa shape index (κ2) is 9.48. The van der Waals surface area contributed by atoms with Crippen LogP contribution in [-0.2, 0) is 23.1 Å². The lowest BCUT2D eigenvalue weighted by atomic mass is 9.86. The van der Waals surface area contributed by atoms with Gasteiger partial charge in [-0.15, -0.1) is 0 Å². The van der Waals surface area contributed by atoms with Crippen LogP contribution in [0.3, 0.4) is 0 Å². The van der Waals surface area contributed by atoms with Crippen molar-refractivity contribution in [3.8, 4) is 0 Å². The summed E-state index contributed by atoms with van der Waals surface area (Å²) >= 11 is 0. The molecule has 0 aliphatic carbocycles. The van der Waals surface area contributed by atoms with E-state index in [4.69, 9.17) is 0 Å². The summed E-state index contributed by atoms with van der Waals surface area (Å²) in [5, 5.41) is 12.5. The highest BCUT2D eigenvalue weighted by Gasteiger charge is 2.14. The Kier molecular flexibility index (Phi) is 7.34. The predicted molar refractivity (Wildman–Crippen MR) is 105 cm³/mol. The van der Waals surface area contributed by atoms with Crippen molar-refractivity contribution in [3.05, 3.63) is 65.5 Å². The summed E-state index contributed by atoms with van der Waals surface area (Å²) in [6, 6.07) is 12.2. The second-order valence-electron chi connectivity index (χ2n) is 7.79. The fourth-order valence-corrected chi connectivity index (χ4v) is 2.83. The van der Waals surface area contributed by atoms with E-state index in [1.165, 1.54) is 5.56 Å². The van der Waals surface area contributed by atoms with Crippen molar-refractivity contribution in [3.63, 3.8) is 0 Å². The van der Waals surface area contributed by atoms with Crippen LogP contribution < -0.4 is 5.32 Å². The van der Waals surface area contributed by atoms with Crippen molar-refractivity contribution in [2.24, 2.45) is 0 Å². The Morgan fingerprint density at radius 3 is 2.23 bits per heavy atom. The Balaban J connectivity index is 1.77. The second-order valence-corrected chi connectivity index (χ2v) is 7.79. The molecule has 1 amide bonds. The smallest absolute Gasteiger partial charge is 0.220 e. The van der Waals surface area contributed by atoms with Crippen LogP contribution in [0.1, 0.15) is 50.3 Å². The Bertz CT molecular complexity index is 676. The molecule has 1 aromatic heterocycles. The lowest BCUT2D eigenvalue weighted by molar-refractivity contribution is -0.122. The summed E-state index contributed by atoms with van der Waals surface area (Å²) < 4.78 is 0. The summed E-state index contributed by atoms with van der Waals surface area (Å²) in [6.45, 7) is 6.53. The standard InChI is InChI=1S/C22H30N2O2/c1-22(2,3)19-8-4-17(5-9-19)7-11-21(26)24-20(16-25)10-6-18-12-14-23-15-13-18/h4-5,8-9,12-15,20,25H,6-7,10-11,16H2,1-3H3,(H,24,26). The van der Waals surface area contributed by atoms with Crippen LogP contribution in [0, 0.1) is 0 Å². The number of aliphatic hydroxyl groups is 1. The average Bonchev–Trinajstić information content (AvgIpc) is 2.64. The van der Waals surface area contributed by atoms with Crippen molar-refractivity contribution in [2.45, 2.75) is 57.9 Å². The van der Waals surface area contributed by atoms with Gasteiger partial charge in [-0.3, -0.25) is 9.78 Å². The highest BCUT2D eigenvalue weighted by Crippen LogP contribution is 2.22. The maximum atomic E-state index is 12.2. The molecule has 1 atom stereocenters. The van der Waals surface area contributed by atoms with Gasteiger partial charge in [0.2, 0.25) is 5.91 Å². The van der Waals surface area contributed by atoms with E-state index in [1.54, 1.807) is 12.4 Å². The van der Waals surface area contributed by atoms with Gasteiger partial charge in [0.15, 0.2) is 0 Å². The zero-order valence-electron chi connectivity index (χ0n) is 16.0. The van der Waals surface area contributed by atoms with Gasteiger partial charge < -0.3 is 10.4 Å². The van der Waals surface area contributed by atoms with Crippen LogP contribution in [0.25, 0.3) is 0 Å². The number of hydrogen-bond donors (Lipinski definition) is 2. The number of hydrogen-bond acceptors (Lipinski definition) is 3. The van der Waals surface area contributed by atoms with Gasteiger partial charge in [-0.25, -0.2) is 0 Å². The van der Waals surface area contributed by atoms with Crippen molar-refractivity contribution < 1.29 is 9.90 Å². The number of amides is 1.